The Morgan fingerprint density at radius 3 is 2.32 bits per heavy atom. The van der Waals surface area contributed by atoms with Crippen LogP contribution in [0.4, 0.5) is 11.6 Å². The van der Waals surface area contributed by atoms with Crippen LogP contribution in [-0.4, -0.2) is 33.5 Å². The molecule has 2 aromatic carbocycles. The highest BCUT2D eigenvalue weighted by atomic mass is 32.2. The zero-order chi connectivity index (χ0) is 19.6. The summed E-state index contributed by atoms with van der Waals surface area (Å²) >= 11 is 0. The molecule has 0 radical (unpaired) electrons. The zero-order valence-electron chi connectivity index (χ0n) is 14.4. The second-order valence-electron chi connectivity index (χ2n) is 5.86. The van der Waals surface area contributed by atoms with E-state index in [-0.39, 0.29) is 15.8 Å². The third kappa shape index (κ3) is 3.55. The Bertz CT molecular complexity index is 1190. The number of hydrogen-bond donors (Lipinski definition) is 3. The summed E-state index contributed by atoms with van der Waals surface area (Å²) in [7, 11) is -3.68. The van der Waals surface area contributed by atoms with Gasteiger partial charge in [0.15, 0.2) is 0 Å². The molecule has 3 N–H and O–H groups in total. The summed E-state index contributed by atoms with van der Waals surface area (Å²) in [5.74, 6) is 0.549. The number of phenols is 1. The normalized spacial score (nSPS) is 11.3. The number of phenolic OH excluding ortho intramolecular Hbond substituents is 1. The van der Waals surface area contributed by atoms with E-state index in [4.69, 9.17) is 0 Å². The maximum atomic E-state index is 12.4. The molecule has 4 aromatic rings. The lowest BCUT2D eigenvalue weighted by Crippen LogP contribution is -2.04. The van der Waals surface area contributed by atoms with E-state index in [9.17, 15) is 13.5 Å². The fourth-order valence-electron chi connectivity index (χ4n) is 2.57. The van der Waals surface area contributed by atoms with Crippen LogP contribution in [0.25, 0.3) is 11.3 Å². The second-order valence-corrected chi connectivity index (χ2v) is 7.72. The number of benzene rings is 2. The maximum Gasteiger partial charge on any atom is 0.239 e. The zero-order valence-corrected chi connectivity index (χ0v) is 15.3. The summed E-state index contributed by atoms with van der Waals surface area (Å²) in [5, 5.41) is 12.3. The summed E-state index contributed by atoms with van der Waals surface area (Å²) in [6.45, 7) is 0. The molecule has 0 amide bonds. The number of aromatic nitrogens is 4. The van der Waals surface area contributed by atoms with Crippen molar-refractivity contribution >= 4 is 21.5 Å². The van der Waals surface area contributed by atoms with Crippen molar-refractivity contribution in [3.63, 3.8) is 0 Å². The first-order chi connectivity index (χ1) is 13.5. The molecule has 0 saturated heterocycles. The number of H-pyrrole nitrogens is 1. The van der Waals surface area contributed by atoms with Crippen LogP contribution in [0.2, 0.25) is 0 Å². The van der Waals surface area contributed by atoms with Crippen LogP contribution in [0, 0.1) is 0 Å². The molecule has 0 fully saturated rings. The number of anilines is 2. The van der Waals surface area contributed by atoms with Gasteiger partial charge in [0.05, 0.1) is 10.6 Å². The Hall–Kier alpha value is -3.72. The van der Waals surface area contributed by atoms with Gasteiger partial charge in [-0.15, -0.1) is 0 Å². The van der Waals surface area contributed by atoms with E-state index in [1.54, 1.807) is 48.7 Å². The molecule has 0 aliphatic heterocycles. The second kappa shape index (κ2) is 7.12. The molecule has 0 bridgehead atoms. The van der Waals surface area contributed by atoms with E-state index in [0.29, 0.717) is 17.3 Å². The standard InChI is InChI=1S/C19H15N5O3S/c25-15-5-1-13(2-6-15)17-9-10-20-18(24-17)23-14-3-7-16(8-4-14)28(26,27)19-21-11-12-22-19/h1-12,25H,(H,21,22)(H,20,23,24). The molecule has 140 valence electrons. The van der Waals surface area contributed by atoms with Gasteiger partial charge >= 0.3 is 0 Å². The Balaban J connectivity index is 1.55. The number of hydrogen-bond acceptors (Lipinski definition) is 7. The summed E-state index contributed by atoms with van der Waals surface area (Å²) in [4.78, 5) is 15.2. The minimum atomic E-state index is -3.68. The number of sulfone groups is 1. The number of nitrogens with one attached hydrogen (secondary N) is 2. The van der Waals surface area contributed by atoms with Gasteiger partial charge in [-0.25, -0.2) is 23.4 Å². The molecule has 0 spiro atoms. The van der Waals surface area contributed by atoms with Crippen molar-refractivity contribution in [3.8, 4) is 17.0 Å². The van der Waals surface area contributed by atoms with E-state index in [1.165, 1.54) is 24.5 Å². The van der Waals surface area contributed by atoms with Gasteiger partial charge in [-0.1, -0.05) is 0 Å². The maximum absolute atomic E-state index is 12.4. The van der Waals surface area contributed by atoms with E-state index >= 15 is 0 Å². The summed E-state index contributed by atoms with van der Waals surface area (Å²) in [5.41, 5.74) is 2.17. The third-order valence-electron chi connectivity index (χ3n) is 3.97. The SMILES string of the molecule is O=S(=O)(c1ccc(Nc2nccc(-c3ccc(O)cc3)n2)cc1)c1ncc[nH]1. The molecule has 0 aliphatic rings. The van der Waals surface area contributed by atoms with Gasteiger partial charge in [-0.2, -0.15) is 0 Å². The number of rotatable bonds is 5. The fourth-order valence-corrected chi connectivity index (χ4v) is 3.71. The number of imidazole rings is 1. The summed E-state index contributed by atoms with van der Waals surface area (Å²) in [6, 6.07) is 14.7. The van der Waals surface area contributed by atoms with Crippen molar-refractivity contribution in [1.29, 1.82) is 0 Å². The first-order valence-corrected chi connectivity index (χ1v) is 9.75. The van der Waals surface area contributed by atoms with Crippen molar-refractivity contribution in [3.05, 3.63) is 73.2 Å². The molecule has 0 aliphatic carbocycles. The molecule has 28 heavy (non-hydrogen) atoms. The minimum Gasteiger partial charge on any atom is -0.508 e. The smallest absolute Gasteiger partial charge is 0.239 e. The van der Waals surface area contributed by atoms with Crippen molar-refractivity contribution < 1.29 is 13.5 Å². The van der Waals surface area contributed by atoms with Gasteiger partial charge in [-0.05, 0) is 54.6 Å². The van der Waals surface area contributed by atoms with Gasteiger partial charge in [0, 0.05) is 29.8 Å². The predicted molar refractivity (Wildman–Crippen MR) is 103 cm³/mol. The monoisotopic (exact) mass is 393 g/mol. The first-order valence-electron chi connectivity index (χ1n) is 8.26. The van der Waals surface area contributed by atoms with Crippen LogP contribution in [0.15, 0.2) is 83.2 Å². The lowest BCUT2D eigenvalue weighted by atomic mass is 10.1. The molecular formula is C19H15N5O3S. The average molecular weight is 393 g/mol. The van der Waals surface area contributed by atoms with Gasteiger partial charge in [-0.3, -0.25) is 0 Å². The highest BCUT2D eigenvalue weighted by Crippen LogP contribution is 2.23. The van der Waals surface area contributed by atoms with Crippen LogP contribution in [0.3, 0.4) is 0 Å². The largest absolute Gasteiger partial charge is 0.508 e. The number of aromatic amines is 1. The third-order valence-corrected chi connectivity index (χ3v) is 5.59. The average Bonchev–Trinajstić information content (AvgIpc) is 3.25. The molecule has 2 heterocycles. The van der Waals surface area contributed by atoms with Crippen LogP contribution in [-0.2, 0) is 9.84 Å². The van der Waals surface area contributed by atoms with Crippen LogP contribution >= 0.6 is 0 Å². The molecule has 8 nitrogen and oxygen atoms in total. The topological polar surface area (TPSA) is 121 Å². The van der Waals surface area contributed by atoms with Crippen LogP contribution < -0.4 is 5.32 Å². The fraction of sp³-hybridized carbons (Fsp3) is 0. The van der Waals surface area contributed by atoms with Crippen molar-refractivity contribution in [2.45, 2.75) is 10.1 Å². The van der Waals surface area contributed by atoms with Gasteiger partial charge in [0.1, 0.15) is 5.75 Å². The van der Waals surface area contributed by atoms with Crippen LogP contribution in [0.5, 0.6) is 5.75 Å². The predicted octanol–water partition coefficient (Wildman–Crippen LogP) is 3.15. The van der Waals surface area contributed by atoms with Crippen molar-refractivity contribution in [2.24, 2.45) is 0 Å². The molecule has 9 heteroatoms. The number of nitrogens with zero attached hydrogens (tertiary/aromatic N) is 3. The van der Waals surface area contributed by atoms with E-state index in [0.717, 1.165) is 5.56 Å². The Labute approximate surface area is 160 Å². The summed E-state index contributed by atoms with van der Waals surface area (Å²) in [6.07, 6.45) is 4.47. The Morgan fingerprint density at radius 1 is 0.893 bits per heavy atom. The van der Waals surface area contributed by atoms with Gasteiger partial charge in [0.25, 0.3) is 0 Å². The molecule has 2 aromatic heterocycles. The Morgan fingerprint density at radius 2 is 1.64 bits per heavy atom. The van der Waals surface area contributed by atoms with E-state index in [1.807, 2.05) is 0 Å². The molecule has 0 unspecified atom stereocenters. The lowest BCUT2D eigenvalue weighted by Gasteiger charge is -2.08. The number of aromatic hydroxyl groups is 1. The van der Waals surface area contributed by atoms with Crippen molar-refractivity contribution in [1.82, 2.24) is 19.9 Å². The lowest BCUT2D eigenvalue weighted by molar-refractivity contribution is 0.475. The first kappa shape index (κ1) is 17.7. The molecule has 0 saturated carbocycles. The highest BCUT2D eigenvalue weighted by molar-refractivity contribution is 7.91. The molecule has 0 atom stereocenters. The van der Waals surface area contributed by atoms with E-state index < -0.39 is 9.84 Å². The highest BCUT2D eigenvalue weighted by Gasteiger charge is 2.19. The van der Waals surface area contributed by atoms with Crippen LogP contribution in [0.1, 0.15) is 0 Å². The minimum absolute atomic E-state index is 0.0989. The quantitative estimate of drug-likeness (QED) is 0.476. The van der Waals surface area contributed by atoms with Crippen molar-refractivity contribution in [2.75, 3.05) is 5.32 Å². The molecular weight excluding hydrogens is 378 g/mol. The van der Waals surface area contributed by atoms with Gasteiger partial charge in [0.2, 0.25) is 20.9 Å². The summed E-state index contributed by atoms with van der Waals surface area (Å²) < 4.78 is 24.9. The van der Waals surface area contributed by atoms with E-state index in [2.05, 4.69) is 25.3 Å². The Kier molecular flexibility index (Phi) is 4.50. The van der Waals surface area contributed by atoms with Gasteiger partial charge < -0.3 is 15.4 Å². The molecule has 4 rings (SSSR count).